The molecule has 8 heteroatoms. The van der Waals surface area contributed by atoms with Crippen LogP contribution in [0.3, 0.4) is 0 Å². The van der Waals surface area contributed by atoms with E-state index in [1.54, 1.807) is 0 Å². The van der Waals surface area contributed by atoms with Crippen LogP contribution in [0.15, 0.2) is 28.8 Å². The first kappa shape index (κ1) is 16.9. The van der Waals surface area contributed by atoms with E-state index in [1.165, 1.54) is 12.1 Å². The van der Waals surface area contributed by atoms with Crippen molar-refractivity contribution >= 4 is 0 Å². The summed E-state index contributed by atoms with van der Waals surface area (Å²) in [5.74, 6) is 0.527. The van der Waals surface area contributed by atoms with Crippen LogP contribution < -0.4 is 0 Å². The Balaban J connectivity index is 1.79. The molecular formula is C16H18F3N3O2. The number of halogens is 3. The van der Waals surface area contributed by atoms with E-state index in [9.17, 15) is 13.2 Å². The summed E-state index contributed by atoms with van der Waals surface area (Å²) in [4.78, 5) is 6.39. The van der Waals surface area contributed by atoms with Crippen molar-refractivity contribution in [2.24, 2.45) is 0 Å². The standard InChI is InChI=1S/C16H18F3N3O2/c1-15(2)10-23-7-6-22(15)9-13-20-14(21-24-13)11-4-3-5-12(8-11)16(17,18)19/h3-5,8H,6-7,9-10H2,1-2H3. The summed E-state index contributed by atoms with van der Waals surface area (Å²) in [5.41, 5.74) is -0.620. The molecule has 0 amide bonds. The van der Waals surface area contributed by atoms with Crippen LogP contribution in [0.5, 0.6) is 0 Å². The quantitative estimate of drug-likeness (QED) is 0.857. The lowest BCUT2D eigenvalue weighted by molar-refractivity contribution is -0.137. The van der Waals surface area contributed by atoms with Crippen LogP contribution in [0, 0.1) is 0 Å². The Hall–Kier alpha value is -1.93. The van der Waals surface area contributed by atoms with Gasteiger partial charge in [-0.05, 0) is 26.0 Å². The molecule has 0 atom stereocenters. The minimum Gasteiger partial charge on any atom is -0.378 e. The lowest BCUT2D eigenvalue weighted by Gasteiger charge is -2.41. The van der Waals surface area contributed by atoms with Gasteiger partial charge in [0, 0.05) is 17.6 Å². The lowest BCUT2D eigenvalue weighted by atomic mass is 10.0. The van der Waals surface area contributed by atoms with Gasteiger partial charge in [-0.1, -0.05) is 17.3 Å². The van der Waals surface area contributed by atoms with Gasteiger partial charge in [0.05, 0.1) is 25.3 Å². The maximum absolute atomic E-state index is 12.8. The molecule has 0 N–H and O–H groups in total. The summed E-state index contributed by atoms with van der Waals surface area (Å²) < 4.78 is 49.1. The second kappa shape index (κ2) is 6.18. The highest BCUT2D eigenvalue weighted by atomic mass is 19.4. The average molecular weight is 341 g/mol. The van der Waals surface area contributed by atoms with Crippen LogP contribution >= 0.6 is 0 Å². The summed E-state index contributed by atoms with van der Waals surface area (Å²) in [6.07, 6.45) is -4.40. The highest BCUT2D eigenvalue weighted by Gasteiger charge is 2.32. The molecule has 1 aliphatic heterocycles. The number of morpholine rings is 1. The van der Waals surface area contributed by atoms with Crippen molar-refractivity contribution in [1.82, 2.24) is 15.0 Å². The van der Waals surface area contributed by atoms with Crippen molar-refractivity contribution < 1.29 is 22.4 Å². The van der Waals surface area contributed by atoms with Crippen molar-refractivity contribution in [3.05, 3.63) is 35.7 Å². The fraction of sp³-hybridized carbons (Fsp3) is 0.500. The molecule has 0 radical (unpaired) electrons. The molecule has 1 aromatic heterocycles. The van der Waals surface area contributed by atoms with Gasteiger partial charge in [0.1, 0.15) is 0 Å². The van der Waals surface area contributed by atoms with Crippen LogP contribution in [0.4, 0.5) is 13.2 Å². The highest BCUT2D eigenvalue weighted by Crippen LogP contribution is 2.31. The second-order valence-corrected chi connectivity index (χ2v) is 6.38. The van der Waals surface area contributed by atoms with Crippen molar-refractivity contribution in [2.45, 2.75) is 32.1 Å². The third kappa shape index (κ3) is 3.59. The maximum atomic E-state index is 12.8. The Kier molecular flexibility index (Phi) is 4.35. The molecule has 1 aliphatic rings. The van der Waals surface area contributed by atoms with Crippen LogP contribution in [-0.4, -0.2) is 40.3 Å². The van der Waals surface area contributed by atoms with E-state index in [2.05, 4.69) is 28.9 Å². The van der Waals surface area contributed by atoms with Gasteiger partial charge in [0.15, 0.2) is 0 Å². The van der Waals surface area contributed by atoms with Gasteiger partial charge in [0.25, 0.3) is 0 Å². The van der Waals surface area contributed by atoms with Gasteiger partial charge < -0.3 is 9.26 Å². The second-order valence-electron chi connectivity index (χ2n) is 6.38. The normalized spacial score (nSPS) is 18.7. The molecular weight excluding hydrogens is 323 g/mol. The predicted molar refractivity (Wildman–Crippen MR) is 80.0 cm³/mol. The Morgan fingerprint density at radius 3 is 2.79 bits per heavy atom. The molecule has 2 heterocycles. The molecule has 0 saturated carbocycles. The molecule has 1 saturated heterocycles. The van der Waals surface area contributed by atoms with E-state index in [0.29, 0.717) is 25.6 Å². The minimum atomic E-state index is -4.40. The van der Waals surface area contributed by atoms with Gasteiger partial charge in [-0.3, -0.25) is 4.90 Å². The summed E-state index contributed by atoms with van der Waals surface area (Å²) in [7, 11) is 0. The van der Waals surface area contributed by atoms with Crippen molar-refractivity contribution in [1.29, 1.82) is 0 Å². The average Bonchev–Trinajstić information content (AvgIpc) is 2.97. The largest absolute Gasteiger partial charge is 0.416 e. The van der Waals surface area contributed by atoms with Gasteiger partial charge in [-0.2, -0.15) is 18.2 Å². The monoisotopic (exact) mass is 341 g/mol. The third-order valence-electron chi connectivity index (χ3n) is 4.06. The molecule has 1 fully saturated rings. The van der Waals surface area contributed by atoms with E-state index in [1.807, 2.05) is 0 Å². The topological polar surface area (TPSA) is 51.4 Å². The van der Waals surface area contributed by atoms with Crippen LogP contribution in [-0.2, 0) is 17.5 Å². The third-order valence-corrected chi connectivity index (χ3v) is 4.06. The fourth-order valence-electron chi connectivity index (χ4n) is 2.62. The zero-order valence-electron chi connectivity index (χ0n) is 13.4. The fourth-order valence-corrected chi connectivity index (χ4v) is 2.62. The predicted octanol–water partition coefficient (Wildman–Crippen LogP) is 3.37. The van der Waals surface area contributed by atoms with Gasteiger partial charge in [-0.25, -0.2) is 0 Å². The molecule has 0 bridgehead atoms. The van der Waals surface area contributed by atoms with Gasteiger partial charge in [0.2, 0.25) is 11.7 Å². The highest BCUT2D eigenvalue weighted by molar-refractivity contribution is 5.55. The number of hydrogen-bond acceptors (Lipinski definition) is 5. The van der Waals surface area contributed by atoms with E-state index >= 15 is 0 Å². The van der Waals surface area contributed by atoms with E-state index < -0.39 is 11.7 Å². The summed E-state index contributed by atoms with van der Waals surface area (Å²) in [6.45, 7) is 6.49. The first-order valence-electron chi connectivity index (χ1n) is 7.59. The number of aromatic nitrogens is 2. The lowest BCUT2D eigenvalue weighted by Crippen LogP contribution is -2.52. The first-order chi connectivity index (χ1) is 11.3. The van der Waals surface area contributed by atoms with Crippen molar-refractivity contribution in [3.63, 3.8) is 0 Å². The zero-order chi connectivity index (χ0) is 17.4. The molecule has 2 aromatic rings. The molecule has 0 unspecified atom stereocenters. The molecule has 3 rings (SSSR count). The Morgan fingerprint density at radius 1 is 1.29 bits per heavy atom. The molecule has 1 aromatic carbocycles. The van der Waals surface area contributed by atoms with Crippen molar-refractivity contribution in [2.75, 3.05) is 19.8 Å². The Morgan fingerprint density at radius 2 is 2.08 bits per heavy atom. The molecule has 0 spiro atoms. The summed E-state index contributed by atoms with van der Waals surface area (Å²) >= 11 is 0. The Labute approximate surface area is 137 Å². The number of rotatable bonds is 3. The van der Waals surface area contributed by atoms with Crippen LogP contribution in [0.2, 0.25) is 0 Å². The Bertz CT molecular complexity index is 713. The van der Waals surface area contributed by atoms with Gasteiger partial charge in [-0.15, -0.1) is 0 Å². The number of benzene rings is 1. The van der Waals surface area contributed by atoms with Crippen LogP contribution in [0.1, 0.15) is 25.3 Å². The van der Waals surface area contributed by atoms with E-state index in [0.717, 1.165) is 18.7 Å². The van der Waals surface area contributed by atoms with Crippen LogP contribution in [0.25, 0.3) is 11.4 Å². The van der Waals surface area contributed by atoms with Gasteiger partial charge >= 0.3 is 6.18 Å². The summed E-state index contributed by atoms with van der Waals surface area (Å²) in [6, 6.07) is 4.90. The number of hydrogen-bond donors (Lipinski definition) is 0. The number of ether oxygens (including phenoxy) is 1. The molecule has 0 aliphatic carbocycles. The molecule has 24 heavy (non-hydrogen) atoms. The van der Waals surface area contributed by atoms with Crippen molar-refractivity contribution in [3.8, 4) is 11.4 Å². The summed E-state index contributed by atoms with van der Waals surface area (Å²) in [5, 5.41) is 3.81. The number of alkyl halides is 3. The SMILES string of the molecule is CC1(C)COCCN1Cc1nc(-c2cccc(C(F)(F)F)c2)no1. The van der Waals surface area contributed by atoms with E-state index in [-0.39, 0.29) is 16.9 Å². The number of nitrogens with zero attached hydrogens (tertiary/aromatic N) is 3. The minimum absolute atomic E-state index is 0.155. The first-order valence-corrected chi connectivity index (χ1v) is 7.59. The smallest absolute Gasteiger partial charge is 0.378 e. The molecule has 130 valence electrons. The molecule has 5 nitrogen and oxygen atoms in total. The zero-order valence-corrected chi connectivity index (χ0v) is 13.4. The van der Waals surface area contributed by atoms with E-state index in [4.69, 9.17) is 9.26 Å². The maximum Gasteiger partial charge on any atom is 0.416 e.